The number of aromatic nitrogens is 4. The molecule has 3 N–H and O–H groups in total. The number of hydrogen-bond donors (Lipinski definition) is 2. The molecule has 0 radical (unpaired) electrons. The molecule has 1 fully saturated rings. The van der Waals surface area contributed by atoms with Crippen molar-refractivity contribution in [3.8, 4) is 0 Å². The Balaban J connectivity index is 2.07. The van der Waals surface area contributed by atoms with Gasteiger partial charge >= 0.3 is 5.69 Å². The summed E-state index contributed by atoms with van der Waals surface area (Å²) in [6, 6.07) is 2.52. The number of alkyl halides is 1. The summed E-state index contributed by atoms with van der Waals surface area (Å²) in [7, 11) is -2.49. The Morgan fingerprint density at radius 1 is 1.32 bits per heavy atom. The van der Waals surface area contributed by atoms with E-state index in [2.05, 4.69) is 10.1 Å². The first kappa shape index (κ1) is 18.6. The van der Waals surface area contributed by atoms with E-state index in [-0.39, 0.29) is 27.9 Å². The monoisotopic (exact) mass is 407 g/mol. The number of rotatable bonds is 5. The Kier molecular flexibility index (Phi) is 4.05. The van der Waals surface area contributed by atoms with Crippen molar-refractivity contribution >= 4 is 20.9 Å². The molecular formula is C17H18FN5O4S. The van der Waals surface area contributed by atoms with Crippen LogP contribution < -0.4 is 16.4 Å². The van der Waals surface area contributed by atoms with Crippen molar-refractivity contribution in [1.29, 1.82) is 0 Å². The second-order valence-corrected chi connectivity index (χ2v) is 8.69. The van der Waals surface area contributed by atoms with Gasteiger partial charge in [0.2, 0.25) is 10.0 Å². The number of nitrogens with zero attached hydrogens (tertiary/aromatic N) is 3. The second kappa shape index (κ2) is 6.11. The maximum atomic E-state index is 13.8. The van der Waals surface area contributed by atoms with Crippen molar-refractivity contribution in [3.63, 3.8) is 0 Å². The number of primary sulfonamides is 1. The molecule has 0 aliphatic heterocycles. The zero-order valence-electron chi connectivity index (χ0n) is 15.0. The van der Waals surface area contributed by atoms with E-state index >= 15 is 0 Å². The molecule has 1 saturated carbocycles. The van der Waals surface area contributed by atoms with Crippen LogP contribution in [0.15, 0.2) is 39.0 Å². The molecule has 0 bridgehead atoms. The lowest BCUT2D eigenvalue weighted by Crippen LogP contribution is -2.37. The minimum Gasteiger partial charge on any atom is -0.307 e. The summed E-state index contributed by atoms with van der Waals surface area (Å²) in [5.41, 5.74) is -1.60. The quantitative estimate of drug-likeness (QED) is 0.620. The molecule has 1 aliphatic carbocycles. The van der Waals surface area contributed by atoms with Crippen LogP contribution in [0.1, 0.15) is 24.0 Å². The number of aryl methyl sites for hydroxylation is 1. The second-order valence-electron chi connectivity index (χ2n) is 7.16. The maximum absolute atomic E-state index is 13.8. The number of benzene rings is 1. The lowest BCUT2D eigenvalue weighted by atomic mass is 9.93. The molecule has 28 heavy (non-hydrogen) atoms. The van der Waals surface area contributed by atoms with Crippen molar-refractivity contribution in [2.75, 3.05) is 6.67 Å². The predicted molar refractivity (Wildman–Crippen MR) is 99.4 cm³/mol. The van der Waals surface area contributed by atoms with Gasteiger partial charge in [-0.25, -0.2) is 18.4 Å². The zero-order chi connectivity index (χ0) is 20.3. The summed E-state index contributed by atoms with van der Waals surface area (Å²) < 4.78 is 40.5. The fraction of sp³-hybridized carbons (Fsp3) is 0.353. The van der Waals surface area contributed by atoms with Crippen LogP contribution in [0.5, 0.6) is 0 Å². The summed E-state index contributed by atoms with van der Waals surface area (Å²) in [5.74, 6) is 0. The predicted octanol–water partition coefficient (Wildman–Crippen LogP) is 0.120. The van der Waals surface area contributed by atoms with Crippen LogP contribution in [0.3, 0.4) is 0 Å². The van der Waals surface area contributed by atoms with E-state index in [1.54, 1.807) is 13.2 Å². The van der Waals surface area contributed by atoms with Gasteiger partial charge in [0, 0.05) is 24.2 Å². The fourth-order valence-corrected chi connectivity index (χ4v) is 4.43. The van der Waals surface area contributed by atoms with Gasteiger partial charge in [-0.1, -0.05) is 0 Å². The normalized spacial score (nSPS) is 15.8. The molecule has 0 atom stereocenters. The third-order valence-electron chi connectivity index (χ3n) is 5.16. The third-order valence-corrected chi connectivity index (χ3v) is 6.11. The molecule has 3 aromatic rings. The Labute approximate surface area is 158 Å². The van der Waals surface area contributed by atoms with Gasteiger partial charge in [-0.15, -0.1) is 0 Å². The van der Waals surface area contributed by atoms with Crippen molar-refractivity contribution in [3.05, 3.63) is 56.5 Å². The Morgan fingerprint density at radius 2 is 2.04 bits per heavy atom. The highest BCUT2D eigenvalue weighted by Crippen LogP contribution is 2.51. The van der Waals surface area contributed by atoms with Gasteiger partial charge in [-0.2, -0.15) is 5.10 Å². The third kappa shape index (κ3) is 2.87. The Morgan fingerprint density at radius 3 is 2.57 bits per heavy atom. The first-order chi connectivity index (χ1) is 13.2. The van der Waals surface area contributed by atoms with Crippen LogP contribution in [0.25, 0.3) is 10.9 Å². The van der Waals surface area contributed by atoms with Crippen molar-refractivity contribution < 1.29 is 12.8 Å². The molecular weight excluding hydrogens is 389 g/mol. The van der Waals surface area contributed by atoms with Gasteiger partial charge < -0.3 is 4.98 Å². The molecule has 1 aromatic carbocycles. The van der Waals surface area contributed by atoms with Gasteiger partial charge in [-0.3, -0.25) is 18.4 Å². The van der Waals surface area contributed by atoms with E-state index in [1.165, 1.54) is 23.0 Å². The fourth-order valence-electron chi connectivity index (χ4n) is 3.56. The summed E-state index contributed by atoms with van der Waals surface area (Å²) in [6.45, 7) is -0.880. The summed E-state index contributed by atoms with van der Waals surface area (Å²) in [6.07, 6.45) is 3.96. The van der Waals surface area contributed by atoms with Gasteiger partial charge in [-0.05, 0) is 30.5 Å². The lowest BCUT2D eigenvalue weighted by molar-refractivity contribution is 0.415. The number of sulfonamides is 1. The first-order valence-corrected chi connectivity index (χ1v) is 10.1. The highest BCUT2D eigenvalue weighted by atomic mass is 32.2. The minimum absolute atomic E-state index is 0.0230. The standard InChI is InChI=1S/C17H18FN5O4S/c1-22-7-10(6-20-22)8-23-15(24)13-11(21-16(23)25)2-3-12(28(19,26)27)14(13)17(9-18)4-5-17/h2-3,6-7H,4-5,8-9H2,1H3,(H,21,25)(H2,19,26,27). The molecule has 1 aliphatic rings. The topological polar surface area (TPSA) is 133 Å². The van der Waals surface area contributed by atoms with Gasteiger partial charge in [0.15, 0.2) is 0 Å². The SMILES string of the molecule is Cn1cc(Cn2c(=O)[nH]c3ccc(S(N)(=O)=O)c(C4(CF)CC4)c3c2=O)cn1. The number of hydrogen-bond acceptors (Lipinski definition) is 5. The largest absolute Gasteiger partial charge is 0.329 e. The molecule has 2 aromatic heterocycles. The van der Waals surface area contributed by atoms with Crippen LogP contribution in [0, 0.1) is 0 Å². The summed E-state index contributed by atoms with van der Waals surface area (Å²) in [5, 5.41) is 9.31. The number of fused-ring (bicyclic) bond motifs is 1. The Bertz CT molecular complexity index is 1320. The lowest BCUT2D eigenvalue weighted by Gasteiger charge is -2.18. The molecule has 11 heteroatoms. The van der Waals surface area contributed by atoms with Crippen LogP contribution in [-0.2, 0) is 29.0 Å². The summed E-state index contributed by atoms with van der Waals surface area (Å²) >= 11 is 0. The number of aromatic amines is 1. The van der Waals surface area contributed by atoms with E-state index < -0.39 is 33.4 Å². The molecule has 2 heterocycles. The van der Waals surface area contributed by atoms with Crippen LogP contribution in [0.2, 0.25) is 0 Å². The van der Waals surface area contributed by atoms with Gasteiger partial charge in [0.1, 0.15) is 0 Å². The molecule has 0 saturated heterocycles. The van der Waals surface area contributed by atoms with Crippen LogP contribution in [0.4, 0.5) is 4.39 Å². The van der Waals surface area contributed by atoms with Crippen LogP contribution >= 0.6 is 0 Å². The number of nitrogens with two attached hydrogens (primary N) is 1. The van der Waals surface area contributed by atoms with E-state index in [0.717, 1.165) is 4.57 Å². The molecule has 0 amide bonds. The number of H-pyrrole nitrogens is 1. The van der Waals surface area contributed by atoms with Crippen molar-refractivity contribution in [2.24, 2.45) is 12.2 Å². The van der Waals surface area contributed by atoms with E-state index in [4.69, 9.17) is 5.14 Å². The average molecular weight is 407 g/mol. The maximum Gasteiger partial charge on any atom is 0.329 e. The Hall–Kier alpha value is -2.79. The average Bonchev–Trinajstić information content (AvgIpc) is 3.32. The first-order valence-electron chi connectivity index (χ1n) is 8.53. The number of nitrogens with one attached hydrogen (secondary N) is 1. The smallest absolute Gasteiger partial charge is 0.307 e. The van der Waals surface area contributed by atoms with E-state index in [1.807, 2.05) is 0 Å². The molecule has 0 spiro atoms. The molecule has 0 unspecified atom stereocenters. The molecule has 9 nitrogen and oxygen atoms in total. The van der Waals surface area contributed by atoms with Crippen molar-refractivity contribution in [2.45, 2.75) is 29.7 Å². The van der Waals surface area contributed by atoms with E-state index in [9.17, 15) is 22.4 Å². The van der Waals surface area contributed by atoms with E-state index in [0.29, 0.717) is 18.4 Å². The summed E-state index contributed by atoms with van der Waals surface area (Å²) in [4.78, 5) is 28.0. The highest BCUT2D eigenvalue weighted by molar-refractivity contribution is 7.89. The highest BCUT2D eigenvalue weighted by Gasteiger charge is 2.48. The molecule has 4 rings (SSSR count). The molecule has 148 valence electrons. The van der Waals surface area contributed by atoms with Gasteiger partial charge in [0.25, 0.3) is 5.56 Å². The number of halogens is 1. The minimum atomic E-state index is -4.19. The zero-order valence-corrected chi connectivity index (χ0v) is 15.8. The van der Waals surface area contributed by atoms with Crippen molar-refractivity contribution in [1.82, 2.24) is 19.3 Å². The van der Waals surface area contributed by atoms with Gasteiger partial charge in [0.05, 0.1) is 35.2 Å². The van der Waals surface area contributed by atoms with Crippen LogP contribution in [-0.4, -0.2) is 34.4 Å².